The molecule has 1 aromatic heterocycles. The summed E-state index contributed by atoms with van der Waals surface area (Å²) in [5.41, 5.74) is 0.302. The van der Waals surface area contributed by atoms with Gasteiger partial charge >= 0.3 is 5.97 Å². The lowest BCUT2D eigenvalue weighted by Gasteiger charge is -2.23. The fraction of sp³-hybridized carbons (Fsp3) is 0.500. The minimum absolute atomic E-state index is 0.116. The van der Waals surface area contributed by atoms with Crippen molar-refractivity contribution < 1.29 is 9.90 Å². The topological polar surface area (TPSA) is 62.2 Å². The van der Waals surface area contributed by atoms with Crippen LogP contribution in [0.5, 0.6) is 0 Å². The molecule has 0 radical (unpaired) electrons. The standard InChI is InChI=1S/C12H17BrN2O2/c1-4-12(2,3)7-15-10-9(11(16)17)5-8(13)6-14-10/h5-6H,4,7H2,1-3H3,(H,14,15)(H,16,17). The maximum Gasteiger partial charge on any atom is 0.339 e. The van der Waals surface area contributed by atoms with E-state index in [1.807, 2.05) is 0 Å². The molecule has 0 saturated carbocycles. The molecule has 0 aromatic carbocycles. The number of pyridine rings is 1. The van der Waals surface area contributed by atoms with Crippen molar-refractivity contribution >= 4 is 27.7 Å². The van der Waals surface area contributed by atoms with Gasteiger partial charge in [0.25, 0.3) is 0 Å². The van der Waals surface area contributed by atoms with E-state index in [0.717, 1.165) is 6.42 Å². The van der Waals surface area contributed by atoms with Crippen LogP contribution in [0, 0.1) is 5.41 Å². The molecule has 0 unspecified atom stereocenters. The zero-order valence-corrected chi connectivity index (χ0v) is 11.8. The third-order valence-corrected chi connectivity index (χ3v) is 3.21. The number of aromatic nitrogens is 1. The van der Waals surface area contributed by atoms with Gasteiger partial charge in [-0.2, -0.15) is 0 Å². The quantitative estimate of drug-likeness (QED) is 0.875. The van der Waals surface area contributed by atoms with E-state index in [1.54, 1.807) is 12.3 Å². The number of aromatic carboxylic acids is 1. The maximum absolute atomic E-state index is 11.1. The number of carboxylic acids is 1. The number of nitrogens with zero attached hydrogens (tertiary/aromatic N) is 1. The van der Waals surface area contributed by atoms with Crippen molar-refractivity contribution in [2.45, 2.75) is 27.2 Å². The first kappa shape index (κ1) is 14.0. The molecule has 0 amide bonds. The van der Waals surface area contributed by atoms with Gasteiger partial charge < -0.3 is 10.4 Å². The number of carboxylic acid groups (broad SMARTS) is 1. The number of hydrogen-bond donors (Lipinski definition) is 2. The van der Waals surface area contributed by atoms with Crippen LogP contribution in [0.25, 0.3) is 0 Å². The minimum Gasteiger partial charge on any atom is -0.478 e. The van der Waals surface area contributed by atoms with Crippen molar-refractivity contribution in [3.63, 3.8) is 0 Å². The van der Waals surface area contributed by atoms with Crippen LogP contribution in [0.1, 0.15) is 37.6 Å². The summed E-state index contributed by atoms with van der Waals surface area (Å²) < 4.78 is 0.662. The summed E-state index contributed by atoms with van der Waals surface area (Å²) in [6.07, 6.45) is 2.60. The SMILES string of the molecule is CCC(C)(C)CNc1ncc(Br)cc1C(=O)O. The van der Waals surface area contributed by atoms with E-state index in [0.29, 0.717) is 16.8 Å². The highest BCUT2D eigenvalue weighted by atomic mass is 79.9. The van der Waals surface area contributed by atoms with Gasteiger partial charge in [-0.3, -0.25) is 0 Å². The fourth-order valence-corrected chi connectivity index (χ4v) is 1.52. The molecule has 1 heterocycles. The van der Waals surface area contributed by atoms with Gasteiger partial charge in [-0.1, -0.05) is 20.8 Å². The number of hydrogen-bond acceptors (Lipinski definition) is 3. The van der Waals surface area contributed by atoms with Crippen LogP contribution in [0.3, 0.4) is 0 Å². The average Bonchev–Trinajstić information content (AvgIpc) is 2.27. The molecule has 1 rings (SSSR count). The zero-order chi connectivity index (χ0) is 13.1. The second kappa shape index (κ2) is 5.49. The molecule has 17 heavy (non-hydrogen) atoms. The monoisotopic (exact) mass is 300 g/mol. The van der Waals surface area contributed by atoms with Gasteiger partial charge in [-0.25, -0.2) is 9.78 Å². The first-order valence-corrected chi connectivity index (χ1v) is 6.28. The molecule has 0 saturated heterocycles. The Hall–Kier alpha value is -1.10. The van der Waals surface area contributed by atoms with Gasteiger partial charge in [-0.15, -0.1) is 0 Å². The van der Waals surface area contributed by atoms with Crippen molar-refractivity contribution in [2.75, 3.05) is 11.9 Å². The Morgan fingerprint density at radius 3 is 2.76 bits per heavy atom. The maximum atomic E-state index is 11.1. The zero-order valence-electron chi connectivity index (χ0n) is 10.2. The molecule has 0 fully saturated rings. The Morgan fingerprint density at radius 2 is 2.24 bits per heavy atom. The summed E-state index contributed by atoms with van der Waals surface area (Å²) in [6, 6.07) is 1.55. The Kier molecular flexibility index (Phi) is 4.51. The highest BCUT2D eigenvalue weighted by Crippen LogP contribution is 2.22. The van der Waals surface area contributed by atoms with Crippen LogP contribution >= 0.6 is 15.9 Å². The number of anilines is 1. The van der Waals surface area contributed by atoms with E-state index < -0.39 is 5.97 Å². The van der Waals surface area contributed by atoms with Crippen molar-refractivity contribution in [3.8, 4) is 0 Å². The smallest absolute Gasteiger partial charge is 0.339 e. The first-order chi connectivity index (χ1) is 7.85. The molecule has 1 aromatic rings. The fourth-order valence-electron chi connectivity index (χ4n) is 1.19. The molecule has 94 valence electrons. The van der Waals surface area contributed by atoms with Gasteiger partial charge in [0.1, 0.15) is 11.4 Å². The Labute approximate surface area is 110 Å². The number of carbonyl (C=O) groups is 1. The first-order valence-electron chi connectivity index (χ1n) is 5.48. The number of nitrogens with one attached hydrogen (secondary N) is 1. The molecule has 0 spiro atoms. The summed E-state index contributed by atoms with van der Waals surface area (Å²) in [6.45, 7) is 7.05. The lowest BCUT2D eigenvalue weighted by Crippen LogP contribution is -2.23. The van der Waals surface area contributed by atoms with Crippen molar-refractivity contribution in [1.82, 2.24) is 4.98 Å². The second-order valence-corrected chi connectivity index (χ2v) is 5.64. The summed E-state index contributed by atoms with van der Waals surface area (Å²) in [4.78, 5) is 15.2. The van der Waals surface area contributed by atoms with E-state index in [1.165, 1.54) is 0 Å². The molecule has 4 nitrogen and oxygen atoms in total. The summed E-state index contributed by atoms with van der Waals surface area (Å²) >= 11 is 3.22. The van der Waals surface area contributed by atoms with Crippen molar-refractivity contribution in [1.29, 1.82) is 0 Å². The van der Waals surface area contributed by atoms with Crippen LogP contribution in [0.2, 0.25) is 0 Å². The largest absolute Gasteiger partial charge is 0.478 e. The van der Waals surface area contributed by atoms with Gasteiger partial charge in [0.05, 0.1) is 0 Å². The predicted molar refractivity (Wildman–Crippen MR) is 71.5 cm³/mol. The van der Waals surface area contributed by atoms with Gasteiger partial charge in [-0.05, 0) is 33.8 Å². The van der Waals surface area contributed by atoms with Crippen LogP contribution in [0.4, 0.5) is 5.82 Å². The van der Waals surface area contributed by atoms with E-state index in [9.17, 15) is 4.79 Å². The highest BCUT2D eigenvalue weighted by Gasteiger charge is 2.17. The van der Waals surface area contributed by atoms with E-state index in [2.05, 4.69) is 47.0 Å². The third-order valence-electron chi connectivity index (χ3n) is 2.78. The Morgan fingerprint density at radius 1 is 1.59 bits per heavy atom. The minimum atomic E-state index is -0.976. The molecule has 0 aliphatic rings. The number of rotatable bonds is 5. The van der Waals surface area contributed by atoms with Crippen LogP contribution in [0.15, 0.2) is 16.7 Å². The second-order valence-electron chi connectivity index (χ2n) is 4.73. The Bertz CT molecular complexity index is 419. The summed E-state index contributed by atoms with van der Waals surface area (Å²) in [7, 11) is 0. The predicted octanol–water partition coefficient (Wildman–Crippen LogP) is 3.39. The van der Waals surface area contributed by atoms with Crippen LogP contribution in [-0.2, 0) is 0 Å². The third kappa shape index (κ3) is 4.00. The highest BCUT2D eigenvalue weighted by molar-refractivity contribution is 9.10. The van der Waals surface area contributed by atoms with Gasteiger partial charge in [0.15, 0.2) is 0 Å². The van der Waals surface area contributed by atoms with E-state index in [4.69, 9.17) is 5.11 Å². The van der Waals surface area contributed by atoms with Crippen molar-refractivity contribution in [2.24, 2.45) is 5.41 Å². The molecular weight excluding hydrogens is 284 g/mol. The lowest BCUT2D eigenvalue weighted by molar-refractivity contribution is 0.0697. The molecule has 5 heteroatoms. The van der Waals surface area contributed by atoms with Crippen molar-refractivity contribution in [3.05, 3.63) is 22.3 Å². The molecular formula is C12H17BrN2O2. The molecule has 0 bridgehead atoms. The normalized spacial score (nSPS) is 11.3. The Balaban J connectivity index is 2.88. The van der Waals surface area contributed by atoms with E-state index in [-0.39, 0.29) is 11.0 Å². The average molecular weight is 301 g/mol. The van der Waals surface area contributed by atoms with E-state index >= 15 is 0 Å². The van der Waals surface area contributed by atoms with Crippen LogP contribution in [-0.4, -0.2) is 22.6 Å². The molecule has 0 aliphatic heterocycles. The van der Waals surface area contributed by atoms with Gasteiger partial charge in [0.2, 0.25) is 0 Å². The summed E-state index contributed by atoms with van der Waals surface area (Å²) in [5, 5.41) is 12.2. The summed E-state index contributed by atoms with van der Waals surface area (Å²) in [5.74, 6) is -0.558. The lowest BCUT2D eigenvalue weighted by atomic mass is 9.90. The molecule has 2 N–H and O–H groups in total. The van der Waals surface area contributed by atoms with Gasteiger partial charge in [0, 0.05) is 17.2 Å². The molecule has 0 atom stereocenters. The molecule has 0 aliphatic carbocycles. The number of halogens is 1. The van der Waals surface area contributed by atoms with Crippen LogP contribution < -0.4 is 5.32 Å².